The molecule has 0 aliphatic carbocycles. The molecular weight excluding hydrogens is 262 g/mol. The Hall–Kier alpha value is -1.77. The maximum Gasteiger partial charge on any atom is 0.332 e. The summed E-state index contributed by atoms with van der Waals surface area (Å²) in [6.07, 6.45) is 2.54. The van der Waals surface area contributed by atoms with Crippen LogP contribution in [0.25, 0.3) is 5.70 Å². The van der Waals surface area contributed by atoms with Crippen LogP contribution in [0.4, 0.5) is 0 Å². The molecule has 0 radical (unpaired) electrons. The highest BCUT2D eigenvalue weighted by Crippen LogP contribution is 2.35. The molecule has 0 spiro atoms. The van der Waals surface area contributed by atoms with E-state index >= 15 is 0 Å². The van der Waals surface area contributed by atoms with Crippen molar-refractivity contribution in [3.05, 3.63) is 40.0 Å². The third kappa shape index (κ3) is 3.12. The fourth-order valence-corrected chi connectivity index (χ4v) is 3.09. The van der Waals surface area contributed by atoms with E-state index in [1.165, 1.54) is 22.3 Å². The van der Waals surface area contributed by atoms with Crippen molar-refractivity contribution in [2.75, 3.05) is 6.61 Å². The summed E-state index contributed by atoms with van der Waals surface area (Å²) < 4.78 is 5.07. The Balaban J connectivity index is 2.61. The molecule has 1 N–H and O–H groups in total. The number of hydrogen-bond acceptors (Lipinski definition) is 3. The van der Waals surface area contributed by atoms with Crippen LogP contribution in [0, 0.1) is 20.8 Å². The van der Waals surface area contributed by atoms with Gasteiger partial charge in [0.1, 0.15) is 0 Å². The summed E-state index contributed by atoms with van der Waals surface area (Å²) in [6.45, 7) is 12.9. The van der Waals surface area contributed by atoms with Gasteiger partial charge < -0.3 is 10.1 Å². The van der Waals surface area contributed by atoms with Crippen molar-refractivity contribution in [2.24, 2.45) is 0 Å². The summed E-state index contributed by atoms with van der Waals surface area (Å²) in [5.41, 5.74) is 7.12. The highest BCUT2D eigenvalue weighted by Gasteiger charge is 2.30. The number of carbonyl (C=O) groups excluding carboxylic acids is 1. The summed E-state index contributed by atoms with van der Waals surface area (Å²) in [7, 11) is 0. The van der Waals surface area contributed by atoms with E-state index in [2.05, 4.69) is 46.0 Å². The minimum absolute atomic E-state index is 0.0731. The van der Waals surface area contributed by atoms with Gasteiger partial charge in [0, 0.05) is 22.9 Å². The van der Waals surface area contributed by atoms with Gasteiger partial charge in [-0.2, -0.15) is 0 Å². The maximum absolute atomic E-state index is 11.9. The van der Waals surface area contributed by atoms with Crippen molar-refractivity contribution in [1.29, 1.82) is 0 Å². The average Bonchev–Trinajstić information content (AvgIpc) is 2.34. The minimum atomic E-state index is -0.290. The Kier molecular flexibility index (Phi) is 4.13. The van der Waals surface area contributed by atoms with E-state index < -0.39 is 0 Å². The summed E-state index contributed by atoms with van der Waals surface area (Å²) in [5, 5.41) is 3.49. The number of benzene rings is 1. The standard InChI is InChI=1S/C18H25NO2/c1-7-21-16(20)9-15-17-12(3)8-11(2)13(4)14(17)10-18(5,6)19-15/h8-9,19H,7,10H2,1-6H3/b15-9-. The Morgan fingerprint density at radius 3 is 2.62 bits per heavy atom. The number of hydrogen-bond donors (Lipinski definition) is 1. The molecule has 114 valence electrons. The predicted molar refractivity (Wildman–Crippen MR) is 86.2 cm³/mol. The Labute approximate surface area is 127 Å². The van der Waals surface area contributed by atoms with Crippen LogP contribution in [0.2, 0.25) is 0 Å². The van der Waals surface area contributed by atoms with Gasteiger partial charge in [0.2, 0.25) is 0 Å². The molecule has 0 aromatic heterocycles. The molecule has 0 fully saturated rings. The van der Waals surface area contributed by atoms with Gasteiger partial charge in [0.25, 0.3) is 0 Å². The second kappa shape index (κ2) is 5.55. The zero-order valence-corrected chi connectivity index (χ0v) is 13.9. The second-order valence-corrected chi connectivity index (χ2v) is 6.48. The second-order valence-electron chi connectivity index (χ2n) is 6.48. The number of esters is 1. The van der Waals surface area contributed by atoms with Gasteiger partial charge in [-0.25, -0.2) is 4.79 Å². The number of rotatable bonds is 2. The van der Waals surface area contributed by atoms with Gasteiger partial charge in [-0.05, 0) is 70.2 Å². The van der Waals surface area contributed by atoms with Crippen molar-refractivity contribution >= 4 is 11.7 Å². The van der Waals surface area contributed by atoms with Gasteiger partial charge >= 0.3 is 5.97 Å². The number of ether oxygens (including phenoxy) is 1. The van der Waals surface area contributed by atoms with Crippen LogP contribution < -0.4 is 5.32 Å². The summed E-state index contributed by atoms with van der Waals surface area (Å²) in [5.74, 6) is -0.290. The molecule has 1 heterocycles. The van der Waals surface area contributed by atoms with Gasteiger partial charge in [0.15, 0.2) is 0 Å². The predicted octanol–water partition coefficient (Wildman–Crippen LogP) is 3.44. The van der Waals surface area contributed by atoms with Crippen LogP contribution in [-0.2, 0) is 16.0 Å². The van der Waals surface area contributed by atoms with Crippen LogP contribution in [0.1, 0.15) is 48.6 Å². The Morgan fingerprint density at radius 2 is 2.00 bits per heavy atom. The zero-order chi connectivity index (χ0) is 15.8. The molecule has 0 amide bonds. The molecule has 1 aliphatic heterocycles. The SMILES string of the molecule is CCOC(=O)/C=C1\NC(C)(C)Cc2c(C)c(C)cc(C)c21. The Bertz CT molecular complexity index is 612. The normalized spacial score (nSPS) is 18.1. The highest BCUT2D eigenvalue weighted by atomic mass is 16.5. The number of carbonyl (C=O) groups is 1. The lowest BCUT2D eigenvalue weighted by Crippen LogP contribution is -2.44. The summed E-state index contributed by atoms with van der Waals surface area (Å²) >= 11 is 0. The van der Waals surface area contributed by atoms with E-state index in [4.69, 9.17) is 4.74 Å². The minimum Gasteiger partial charge on any atom is -0.463 e. The third-order valence-electron chi connectivity index (χ3n) is 4.08. The smallest absolute Gasteiger partial charge is 0.332 e. The topological polar surface area (TPSA) is 38.3 Å². The molecule has 1 aromatic rings. The van der Waals surface area contributed by atoms with Crippen molar-refractivity contribution in [3.8, 4) is 0 Å². The van der Waals surface area contributed by atoms with E-state index in [1.54, 1.807) is 6.08 Å². The van der Waals surface area contributed by atoms with Gasteiger partial charge in [0.05, 0.1) is 6.61 Å². The van der Waals surface area contributed by atoms with Gasteiger partial charge in [-0.3, -0.25) is 0 Å². The fraction of sp³-hybridized carbons (Fsp3) is 0.500. The molecule has 3 heteroatoms. The van der Waals surface area contributed by atoms with Crippen LogP contribution in [0.3, 0.4) is 0 Å². The number of fused-ring (bicyclic) bond motifs is 1. The van der Waals surface area contributed by atoms with Crippen molar-refractivity contribution in [1.82, 2.24) is 5.32 Å². The first kappa shape index (κ1) is 15.6. The Morgan fingerprint density at radius 1 is 1.33 bits per heavy atom. The quantitative estimate of drug-likeness (QED) is 0.669. The molecule has 0 saturated heterocycles. The lowest BCUT2D eigenvalue weighted by molar-refractivity contribution is -0.137. The van der Waals surface area contributed by atoms with Gasteiger partial charge in [-0.1, -0.05) is 6.07 Å². The lowest BCUT2D eigenvalue weighted by Gasteiger charge is -2.37. The largest absolute Gasteiger partial charge is 0.463 e. The zero-order valence-electron chi connectivity index (χ0n) is 13.9. The molecule has 0 saturated carbocycles. The number of nitrogens with one attached hydrogen (secondary N) is 1. The highest BCUT2D eigenvalue weighted by molar-refractivity contribution is 5.92. The summed E-state index contributed by atoms with van der Waals surface area (Å²) in [6, 6.07) is 2.19. The fourth-order valence-electron chi connectivity index (χ4n) is 3.09. The molecule has 0 atom stereocenters. The molecule has 3 nitrogen and oxygen atoms in total. The van der Waals surface area contributed by atoms with E-state index in [0.717, 1.165) is 17.7 Å². The van der Waals surface area contributed by atoms with E-state index in [-0.39, 0.29) is 11.5 Å². The third-order valence-corrected chi connectivity index (χ3v) is 4.08. The molecule has 0 unspecified atom stereocenters. The monoisotopic (exact) mass is 287 g/mol. The average molecular weight is 287 g/mol. The lowest BCUT2D eigenvalue weighted by atomic mass is 9.80. The first-order chi connectivity index (χ1) is 9.75. The molecule has 2 rings (SSSR count). The summed E-state index contributed by atoms with van der Waals surface area (Å²) in [4.78, 5) is 11.9. The van der Waals surface area contributed by atoms with E-state index in [9.17, 15) is 4.79 Å². The molecule has 1 aliphatic rings. The van der Waals surface area contributed by atoms with Crippen molar-refractivity contribution in [2.45, 2.75) is 53.5 Å². The van der Waals surface area contributed by atoms with Crippen LogP contribution in [0.5, 0.6) is 0 Å². The van der Waals surface area contributed by atoms with Crippen LogP contribution in [0.15, 0.2) is 12.1 Å². The molecule has 21 heavy (non-hydrogen) atoms. The van der Waals surface area contributed by atoms with Crippen molar-refractivity contribution < 1.29 is 9.53 Å². The first-order valence-corrected chi connectivity index (χ1v) is 7.52. The first-order valence-electron chi connectivity index (χ1n) is 7.52. The molecule has 0 bridgehead atoms. The van der Waals surface area contributed by atoms with Crippen LogP contribution >= 0.6 is 0 Å². The van der Waals surface area contributed by atoms with Crippen LogP contribution in [-0.4, -0.2) is 18.1 Å². The van der Waals surface area contributed by atoms with E-state index in [1.807, 2.05) is 6.92 Å². The van der Waals surface area contributed by atoms with E-state index in [0.29, 0.717) is 6.61 Å². The number of aryl methyl sites for hydroxylation is 2. The van der Waals surface area contributed by atoms with Gasteiger partial charge in [-0.15, -0.1) is 0 Å². The molecule has 1 aromatic carbocycles. The van der Waals surface area contributed by atoms with Crippen molar-refractivity contribution in [3.63, 3.8) is 0 Å². The molecular formula is C18H25NO2. The maximum atomic E-state index is 11.9.